The summed E-state index contributed by atoms with van der Waals surface area (Å²) >= 11 is 1.52. The summed E-state index contributed by atoms with van der Waals surface area (Å²) in [6, 6.07) is 0. The zero-order valence-corrected chi connectivity index (χ0v) is 10.1. The number of esters is 1. The lowest BCUT2D eigenvalue weighted by molar-refractivity contribution is -0.166. The minimum Gasteiger partial charge on any atom is -0.457 e. The highest BCUT2D eigenvalue weighted by molar-refractivity contribution is 7.08. The Morgan fingerprint density at radius 3 is 2.50 bits per heavy atom. The molecule has 0 aromatic carbocycles. The van der Waals surface area contributed by atoms with Gasteiger partial charge in [0.05, 0.1) is 0 Å². The average molecular weight is 242 g/mol. The van der Waals surface area contributed by atoms with Gasteiger partial charge in [0, 0.05) is 23.6 Å². The highest BCUT2D eigenvalue weighted by Gasteiger charge is 2.41. The van der Waals surface area contributed by atoms with Crippen LogP contribution >= 0.6 is 11.3 Å². The molecule has 2 rings (SSSR count). The fourth-order valence-corrected chi connectivity index (χ4v) is 2.09. The van der Waals surface area contributed by atoms with E-state index >= 15 is 0 Å². The van der Waals surface area contributed by atoms with Crippen LogP contribution < -0.4 is 9.47 Å². The van der Waals surface area contributed by atoms with E-state index in [1.54, 1.807) is 6.92 Å². The van der Waals surface area contributed by atoms with Crippen LogP contribution in [-0.4, -0.2) is 18.4 Å². The molecule has 5 heteroatoms. The molecule has 0 amide bonds. The largest absolute Gasteiger partial charge is 0.457 e. The molecule has 16 heavy (non-hydrogen) atoms. The van der Waals surface area contributed by atoms with Gasteiger partial charge in [-0.3, -0.25) is 4.79 Å². The number of ether oxygens (including phenoxy) is 3. The molecule has 0 bridgehead atoms. The van der Waals surface area contributed by atoms with Gasteiger partial charge in [0.2, 0.25) is 0 Å². The maximum atomic E-state index is 11.1. The highest BCUT2D eigenvalue weighted by Crippen LogP contribution is 2.43. The summed E-state index contributed by atoms with van der Waals surface area (Å²) < 4.78 is 16.5. The van der Waals surface area contributed by atoms with Gasteiger partial charge >= 0.3 is 5.97 Å². The van der Waals surface area contributed by atoms with Crippen LogP contribution in [0.3, 0.4) is 0 Å². The molecule has 0 spiro atoms. The molecule has 1 aliphatic heterocycles. The van der Waals surface area contributed by atoms with E-state index in [2.05, 4.69) is 0 Å². The summed E-state index contributed by atoms with van der Waals surface area (Å²) in [5.41, 5.74) is 0. The third kappa shape index (κ3) is 2.00. The van der Waals surface area contributed by atoms with Gasteiger partial charge in [-0.1, -0.05) is 13.8 Å². The van der Waals surface area contributed by atoms with Crippen LogP contribution in [0, 0.1) is 0 Å². The lowest BCUT2D eigenvalue weighted by Crippen LogP contribution is -2.43. The second-order valence-corrected chi connectivity index (χ2v) is 4.33. The maximum absolute atomic E-state index is 11.1. The van der Waals surface area contributed by atoms with E-state index in [0.717, 1.165) is 11.5 Å². The van der Waals surface area contributed by atoms with Crippen molar-refractivity contribution in [2.24, 2.45) is 0 Å². The van der Waals surface area contributed by atoms with Crippen molar-refractivity contribution in [2.75, 3.05) is 6.61 Å². The summed E-state index contributed by atoms with van der Waals surface area (Å²) in [6.07, 6.45) is 0.990. The van der Waals surface area contributed by atoms with Gasteiger partial charge in [-0.25, -0.2) is 0 Å². The number of hydrogen-bond donors (Lipinski definition) is 0. The second kappa shape index (κ2) is 4.33. The molecule has 0 saturated heterocycles. The first-order valence-corrected chi connectivity index (χ1v) is 6.23. The van der Waals surface area contributed by atoms with Gasteiger partial charge in [-0.15, -0.1) is 11.3 Å². The van der Waals surface area contributed by atoms with Crippen LogP contribution in [0.15, 0.2) is 10.8 Å². The molecule has 0 radical (unpaired) electrons. The van der Waals surface area contributed by atoms with E-state index in [-0.39, 0.29) is 12.6 Å². The van der Waals surface area contributed by atoms with Crippen LogP contribution in [0.2, 0.25) is 0 Å². The third-order valence-corrected chi connectivity index (χ3v) is 3.17. The van der Waals surface area contributed by atoms with Crippen molar-refractivity contribution < 1.29 is 19.0 Å². The Labute approximate surface area is 98.1 Å². The summed E-state index contributed by atoms with van der Waals surface area (Å²) in [7, 11) is 0. The Hall–Kier alpha value is -1.23. The number of fused-ring (bicyclic) bond motifs is 1. The molecule has 2 heterocycles. The van der Waals surface area contributed by atoms with E-state index in [9.17, 15) is 4.79 Å². The van der Waals surface area contributed by atoms with Crippen molar-refractivity contribution in [3.8, 4) is 11.5 Å². The van der Waals surface area contributed by atoms with Crippen molar-refractivity contribution in [2.45, 2.75) is 32.5 Å². The summed E-state index contributed by atoms with van der Waals surface area (Å²) in [5.74, 6) is 0.400. The maximum Gasteiger partial charge on any atom is 0.305 e. The van der Waals surface area contributed by atoms with Crippen molar-refractivity contribution in [3.05, 3.63) is 10.8 Å². The monoisotopic (exact) mass is 242 g/mol. The van der Waals surface area contributed by atoms with E-state index in [1.807, 2.05) is 17.7 Å². The molecule has 1 aromatic heterocycles. The van der Waals surface area contributed by atoms with Gasteiger partial charge in [0.1, 0.15) is 0 Å². The second-order valence-electron chi connectivity index (χ2n) is 3.58. The Morgan fingerprint density at radius 2 is 2.00 bits per heavy atom. The topological polar surface area (TPSA) is 44.8 Å². The van der Waals surface area contributed by atoms with E-state index < -0.39 is 5.79 Å². The van der Waals surface area contributed by atoms with Crippen molar-refractivity contribution in [1.82, 2.24) is 0 Å². The van der Waals surface area contributed by atoms with E-state index in [1.165, 1.54) is 11.3 Å². The molecule has 0 unspecified atom stereocenters. The molecule has 0 fully saturated rings. The number of thiophene rings is 1. The van der Waals surface area contributed by atoms with E-state index in [4.69, 9.17) is 14.2 Å². The minimum atomic E-state index is -0.830. The van der Waals surface area contributed by atoms with Crippen LogP contribution in [0.5, 0.6) is 11.5 Å². The molecule has 88 valence electrons. The number of hydrogen-bond acceptors (Lipinski definition) is 5. The normalized spacial score (nSPS) is 16.1. The molecule has 0 atom stereocenters. The fraction of sp³-hybridized carbons (Fsp3) is 0.545. The first-order chi connectivity index (χ1) is 7.69. The van der Waals surface area contributed by atoms with Gasteiger partial charge in [-0.2, -0.15) is 0 Å². The van der Waals surface area contributed by atoms with Crippen molar-refractivity contribution in [1.29, 1.82) is 0 Å². The van der Waals surface area contributed by atoms with Gasteiger partial charge in [0.25, 0.3) is 5.79 Å². The zero-order chi connectivity index (χ0) is 11.6. The zero-order valence-electron chi connectivity index (χ0n) is 9.32. The molecule has 0 saturated carbocycles. The minimum absolute atomic E-state index is 0.134. The fourth-order valence-electron chi connectivity index (χ4n) is 1.44. The Balaban J connectivity index is 2.01. The third-order valence-electron chi connectivity index (χ3n) is 2.47. The van der Waals surface area contributed by atoms with Gasteiger partial charge in [-0.05, 0) is 0 Å². The number of rotatable bonds is 4. The predicted molar refractivity (Wildman–Crippen MR) is 59.8 cm³/mol. The Morgan fingerprint density at radius 1 is 1.38 bits per heavy atom. The highest BCUT2D eigenvalue weighted by atomic mass is 32.1. The van der Waals surface area contributed by atoms with Crippen LogP contribution in [0.1, 0.15) is 26.7 Å². The first-order valence-electron chi connectivity index (χ1n) is 5.29. The summed E-state index contributed by atoms with van der Waals surface area (Å²) in [4.78, 5) is 11.1. The standard InChI is InChI=1S/C11H14O4S/c1-3-10(12)13-7-11(4-2)14-8-5-16-6-9(8)15-11/h5-6H,3-4,7H2,1-2H3. The quantitative estimate of drug-likeness (QED) is 0.761. The number of carbonyl (C=O) groups is 1. The molecule has 0 N–H and O–H groups in total. The predicted octanol–water partition coefficient (Wildman–Crippen LogP) is 2.58. The Bertz CT molecular complexity index is 365. The first kappa shape index (κ1) is 11.3. The van der Waals surface area contributed by atoms with Crippen LogP contribution in [0.25, 0.3) is 0 Å². The number of carbonyl (C=O) groups excluding carboxylic acids is 1. The molecule has 1 aromatic rings. The summed E-state index contributed by atoms with van der Waals surface area (Å²) in [5, 5.41) is 3.77. The van der Waals surface area contributed by atoms with Crippen molar-refractivity contribution >= 4 is 17.3 Å². The molecule has 1 aliphatic rings. The van der Waals surface area contributed by atoms with Crippen LogP contribution in [0.4, 0.5) is 0 Å². The lowest BCUT2D eigenvalue weighted by atomic mass is 10.2. The van der Waals surface area contributed by atoms with Gasteiger partial charge < -0.3 is 14.2 Å². The molecular formula is C11H14O4S. The molecule has 4 nitrogen and oxygen atoms in total. The smallest absolute Gasteiger partial charge is 0.305 e. The van der Waals surface area contributed by atoms with Crippen molar-refractivity contribution in [3.63, 3.8) is 0 Å². The average Bonchev–Trinajstić information content (AvgIpc) is 2.84. The van der Waals surface area contributed by atoms with Gasteiger partial charge in [0.15, 0.2) is 18.1 Å². The van der Waals surface area contributed by atoms with Crippen LogP contribution in [-0.2, 0) is 9.53 Å². The SMILES string of the molecule is CCC(=O)OCC1(CC)Oc2cscc2O1. The van der Waals surface area contributed by atoms with E-state index in [0.29, 0.717) is 12.8 Å². The lowest BCUT2D eigenvalue weighted by Gasteiger charge is -2.25. The Kier molecular flexibility index (Phi) is 3.05. The molecular weight excluding hydrogens is 228 g/mol. The molecule has 0 aliphatic carbocycles. The summed E-state index contributed by atoms with van der Waals surface area (Å²) in [6.45, 7) is 3.83.